The number of piperidine rings is 1. The van der Waals surface area contributed by atoms with Gasteiger partial charge in [0.15, 0.2) is 0 Å². The third-order valence-electron chi connectivity index (χ3n) is 5.79. The smallest absolute Gasteiger partial charge is 0.253 e. The highest BCUT2D eigenvalue weighted by atomic mass is 16.2. The summed E-state index contributed by atoms with van der Waals surface area (Å²) < 4.78 is 0. The largest absolute Gasteiger partial charge is 0.339 e. The van der Waals surface area contributed by atoms with Gasteiger partial charge in [-0.25, -0.2) is 0 Å². The van der Waals surface area contributed by atoms with Gasteiger partial charge < -0.3 is 15.1 Å². The van der Waals surface area contributed by atoms with Gasteiger partial charge >= 0.3 is 0 Å². The van der Waals surface area contributed by atoms with Crippen molar-refractivity contribution in [3.8, 4) is 0 Å². The fourth-order valence-electron chi connectivity index (χ4n) is 4.44. The first-order valence-electron chi connectivity index (χ1n) is 9.05. The summed E-state index contributed by atoms with van der Waals surface area (Å²) in [6, 6.07) is 8.98. The minimum atomic E-state index is 0.0646. The van der Waals surface area contributed by atoms with Crippen LogP contribution in [-0.2, 0) is 4.79 Å². The lowest BCUT2D eigenvalue weighted by molar-refractivity contribution is -0.117. The van der Waals surface area contributed by atoms with Crippen LogP contribution < -0.4 is 10.2 Å². The van der Waals surface area contributed by atoms with Gasteiger partial charge in [0.25, 0.3) is 5.91 Å². The summed E-state index contributed by atoms with van der Waals surface area (Å²) in [7, 11) is 1.92. The summed E-state index contributed by atoms with van der Waals surface area (Å²) in [5, 5.41) is 3.62. The Labute approximate surface area is 143 Å². The van der Waals surface area contributed by atoms with Crippen molar-refractivity contribution in [2.24, 2.45) is 0 Å². The van der Waals surface area contributed by atoms with Crippen molar-refractivity contribution in [3.63, 3.8) is 0 Å². The van der Waals surface area contributed by atoms with Crippen LogP contribution in [0.25, 0.3) is 0 Å². The standard InChI is InChI=1S/C19H25N3O2/c1-21(17-11-14-7-8-15(12-17)20-14)19(24)13-4-2-5-16(10-13)22-9-3-6-18(22)23/h2,4-5,10,14-15,17,20H,3,6-9,11-12H2,1H3. The molecule has 3 saturated heterocycles. The van der Waals surface area contributed by atoms with E-state index in [4.69, 9.17) is 0 Å². The van der Waals surface area contributed by atoms with Crippen molar-refractivity contribution >= 4 is 17.5 Å². The molecule has 24 heavy (non-hydrogen) atoms. The van der Waals surface area contributed by atoms with Crippen LogP contribution in [0.1, 0.15) is 48.9 Å². The number of anilines is 1. The number of benzene rings is 1. The van der Waals surface area contributed by atoms with Crippen molar-refractivity contribution in [1.82, 2.24) is 10.2 Å². The number of nitrogens with one attached hydrogen (secondary N) is 1. The molecular weight excluding hydrogens is 302 g/mol. The van der Waals surface area contributed by atoms with E-state index in [2.05, 4.69) is 5.32 Å². The SMILES string of the molecule is CN(C(=O)c1cccc(N2CCCC2=O)c1)C1CC2CCC(C1)N2. The second kappa shape index (κ2) is 6.20. The molecule has 2 amide bonds. The predicted molar refractivity (Wildman–Crippen MR) is 93.1 cm³/mol. The van der Waals surface area contributed by atoms with E-state index >= 15 is 0 Å². The second-order valence-corrected chi connectivity index (χ2v) is 7.38. The zero-order valence-corrected chi connectivity index (χ0v) is 14.2. The molecule has 2 unspecified atom stereocenters. The number of carbonyl (C=O) groups excluding carboxylic acids is 2. The van der Waals surface area contributed by atoms with Gasteiger partial charge in [-0.1, -0.05) is 6.07 Å². The Bertz CT molecular complexity index is 648. The Morgan fingerprint density at radius 1 is 1.25 bits per heavy atom. The Kier molecular flexibility index (Phi) is 4.04. The average Bonchev–Trinajstić information content (AvgIpc) is 3.18. The van der Waals surface area contributed by atoms with E-state index in [0.717, 1.165) is 31.5 Å². The topological polar surface area (TPSA) is 52.7 Å². The lowest BCUT2D eigenvalue weighted by Gasteiger charge is -2.35. The van der Waals surface area contributed by atoms with Crippen LogP contribution in [0.3, 0.4) is 0 Å². The van der Waals surface area contributed by atoms with Gasteiger partial charge in [0.2, 0.25) is 5.91 Å². The van der Waals surface area contributed by atoms with Crippen molar-refractivity contribution in [2.75, 3.05) is 18.5 Å². The molecule has 1 aromatic carbocycles. The second-order valence-electron chi connectivity index (χ2n) is 7.38. The van der Waals surface area contributed by atoms with Gasteiger partial charge in [0.05, 0.1) is 0 Å². The van der Waals surface area contributed by atoms with E-state index in [1.165, 1.54) is 12.8 Å². The predicted octanol–water partition coefficient (Wildman–Crippen LogP) is 2.17. The number of carbonyl (C=O) groups is 2. The van der Waals surface area contributed by atoms with Crippen molar-refractivity contribution in [3.05, 3.63) is 29.8 Å². The Hall–Kier alpha value is -1.88. The summed E-state index contributed by atoms with van der Waals surface area (Å²) in [5.41, 5.74) is 1.53. The van der Waals surface area contributed by atoms with Crippen molar-refractivity contribution in [1.29, 1.82) is 0 Å². The third kappa shape index (κ3) is 2.81. The van der Waals surface area contributed by atoms with E-state index in [0.29, 0.717) is 30.1 Å². The molecule has 5 heteroatoms. The highest BCUT2D eigenvalue weighted by Gasteiger charge is 2.36. The van der Waals surface area contributed by atoms with Gasteiger partial charge in [-0.05, 0) is 50.3 Å². The van der Waals surface area contributed by atoms with Crippen molar-refractivity contribution in [2.45, 2.75) is 56.7 Å². The fraction of sp³-hybridized carbons (Fsp3) is 0.579. The van der Waals surface area contributed by atoms with Crippen LogP contribution in [0, 0.1) is 0 Å². The van der Waals surface area contributed by atoms with Gasteiger partial charge in [0, 0.05) is 49.4 Å². The maximum atomic E-state index is 12.9. The number of nitrogens with zero attached hydrogens (tertiary/aromatic N) is 2. The molecule has 3 heterocycles. The van der Waals surface area contributed by atoms with E-state index in [9.17, 15) is 9.59 Å². The van der Waals surface area contributed by atoms with Gasteiger partial charge in [-0.2, -0.15) is 0 Å². The van der Waals surface area contributed by atoms with E-state index < -0.39 is 0 Å². The van der Waals surface area contributed by atoms with Crippen LogP contribution in [0.2, 0.25) is 0 Å². The zero-order chi connectivity index (χ0) is 16.7. The monoisotopic (exact) mass is 327 g/mol. The minimum Gasteiger partial charge on any atom is -0.339 e. The van der Waals surface area contributed by atoms with Crippen LogP contribution in [0.15, 0.2) is 24.3 Å². The quantitative estimate of drug-likeness (QED) is 0.926. The van der Waals surface area contributed by atoms with Crippen LogP contribution in [0.5, 0.6) is 0 Å². The lowest BCUT2D eigenvalue weighted by Crippen LogP contribution is -2.48. The molecule has 4 rings (SSSR count). The van der Waals surface area contributed by atoms with E-state index in [1.54, 1.807) is 4.90 Å². The molecule has 0 saturated carbocycles. The molecule has 3 fully saturated rings. The molecule has 3 aliphatic heterocycles. The Morgan fingerprint density at radius 2 is 2.00 bits per heavy atom. The summed E-state index contributed by atoms with van der Waals surface area (Å²) >= 11 is 0. The molecule has 0 radical (unpaired) electrons. The molecule has 1 N–H and O–H groups in total. The summed E-state index contributed by atoms with van der Waals surface area (Å²) in [4.78, 5) is 28.6. The molecule has 3 aliphatic rings. The van der Waals surface area contributed by atoms with Crippen molar-refractivity contribution < 1.29 is 9.59 Å². The van der Waals surface area contributed by atoms with Crippen LogP contribution in [-0.4, -0.2) is 48.4 Å². The lowest BCUT2D eigenvalue weighted by atomic mass is 9.98. The number of hydrogen-bond donors (Lipinski definition) is 1. The molecule has 128 valence electrons. The summed E-state index contributed by atoms with van der Waals surface area (Å²) in [5.74, 6) is 0.220. The highest BCUT2D eigenvalue weighted by molar-refractivity contribution is 5.99. The molecule has 2 bridgehead atoms. The van der Waals surface area contributed by atoms with E-state index in [1.807, 2.05) is 36.2 Å². The normalized spacial score (nSPS) is 29.1. The molecule has 2 atom stereocenters. The number of hydrogen-bond acceptors (Lipinski definition) is 3. The molecular formula is C19H25N3O2. The molecule has 0 spiro atoms. The van der Waals surface area contributed by atoms with Gasteiger partial charge in [0.1, 0.15) is 0 Å². The van der Waals surface area contributed by atoms with Gasteiger partial charge in [-0.15, -0.1) is 0 Å². The summed E-state index contributed by atoms with van der Waals surface area (Å²) in [6.45, 7) is 0.754. The Morgan fingerprint density at radius 3 is 2.67 bits per heavy atom. The first-order valence-corrected chi connectivity index (χ1v) is 9.05. The maximum Gasteiger partial charge on any atom is 0.253 e. The first-order chi connectivity index (χ1) is 11.6. The average molecular weight is 327 g/mol. The molecule has 0 aromatic heterocycles. The number of fused-ring (bicyclic) bond motifs is 2. The Balaban J connectivity index is 1.50. The maximum absolute atomic E-state index is 12.9. The molecule has 0 aliphatic carbocycles. The summed E-state index contributed by atoms with van der Waals surface area (Å²) in [6.07, 6.45) is 6.06. The minimum absolute atomic E-state index is 0.0646. The zero-order valence-electron chi connectivity index (χ0n) is 14.2. The fourth-order valence-corrected chi connectivity index (χ4v) is 4.44. The number of amides is 2. The first kappa shape index (κ1) is 15.6. The molecule has 1 aromatic rings. The highest BCUT2D eigenvalue weighted by Crippen LogP contribution is 2.30. The van der Waals surface area contributed by atoms with E-state index in [-0.39, 0.29) is 11.8 Å². The third-order valence-corrected chi connectivity index (χ3v) is 5.79. The number of rotatable bonds is 3. The van der Waals surface area contributed by atoms with Crippen LogP contribution in [0.4, 0.5) is 5.69 Å². The van der Waals surface area contributed by atoms with Crippen LogP contribution >= 0.6 is 0 Å². The molecule has 5 nitrogen and oxygen atoms in total. The van der Waals surface area contributed by atoms with Gasteiger partial charge in [-0.3, -0.25) is 9.59 Å².